The maximum absolute atomic E-state index is 8.76. The van der Waals surface area contributed by atoms with Crippen molar-refractivity contribution < 1.29 is 5.11 Å². The summed E-state index contributed by atoms with van der Waals surface area (Å²) in [6.45, 7) is 2.79. The third-order valence-corrected chi connectivity index (χ3v) is 2.30. The zero-order chi connectivity index (χ0) is 11.1. The summed E-state index contributed by atoms with van der Waals surface area (Å²) in [6, 6.07) is 8.15. The Bertz CT molecular complexity index is 271. The molecule has 0 saturated heterocycles. The molecule has 0 aliphatic heterocycles. The smallest absolute Gasteiger partial charge is 0.0599 e. The van der Waals surface area contributed by atoms with Crippen molar-refractivity contribution in [2.45, 2.75) is 25.8 Å². The minimum atomic E-state index is -0.194. The lowest BCUT2D eigenvalue weighted by molar-refractivity contribution is 0.270. The Kier molecular flexibility index (Phi) is 5.15. The molecular weight excluding hydrogens is 188 g/mol. The maximum Gasteiger partial charge on any atom is 0.0599 e. The predicted octanol–water partition coefficient (Wildman–Crippen LogP) is 1.37. The number of hydrogen-bond donors (Lipinski definition) is 3. The monoisotopic (exact) mass is 208 g/mol. The number of aliphatic hydroxyl groups is 1. The highest BCUT2D eigenvalue weighted by atomic mass is 16.3. The van der Waals surface area contributed by atoms with E-state index in [1.807, 2.05) is 0 Å². The zero-order valence-electron chi connectivity index (χ0n) is 9.24. The quantitative estimate of drug-likeness (QED) is 0.662. The molecule has 0 radical (unpaired) electrons. The van der Waals surface area contributed by atoms with Crippen LogP contribution < -0.4 is 11.1 Å². The second-order valence-electron chi connectivity index (χ2n) is 3.77. The molecule has 1 aromatic rings. The average Bonchev–Trinajstić information content (AvgIpc) is 2.28. The Morgan fingerprint density at radius 3 is 2.53 bits per heavy atom. The molecule has 0 saturated carbocycles. The highest BCUT2D eigenvalue weighted by molar-refractivity contribution is 5.44. The molecule has 84 valence electrons. The van der Waals surface area contributed by atoms with Gasteiger partial charge < -0.3 is 16.2 Å². The molecule has 0 aromatic heterocycles. The Hall–Kier alpha value is -1.06. The van der Waals surface area contributed by atoms with Gasteiger partial charge in [0.05, 0.1) is 6.61 Å². The van der Waals surface area contributed by atoms with Gasteiger partial charge in [0.2, 0.25) is 0 Å². The third kappa shape index (κ3) is 4.32. The molecule has 1 unspecified atom stereocenters. The largest absolute Gasteiger partial charge is 0.395 e. The second kappa shape index (κ2) is 6.43. The van der Waals surface area contributed by atoms with Crippen LogP contribution in [0.3, 0.4) is 0 Å². The van der Waals surface area contributed by atoms with E-state index < -0.39 is 0 Å². The summed E-state index contributed by atoms with van der Waals surface area (Å²) in [7, 11) is 0. The van der Waals surface area contributed by atoms with Gasteiger partial charge in [-0.25, -0.2) is 0 Å². The van der Waals surface area contributed by atoms with Gasteiger partial charge >= 0.3 is 0 Å². The first-order valence-electron chi connectivity index (χ1n) is 5.45. The lowest BCUT2D eigenvalue weighted by atomic mass is 10.1. The third-order valence-electron chi connectivity index (χ3n) is 2.30. The molecule has 0 heterocycles. The standard InChI is InChI=1S/C12H20N2O/c1-2-3-10-4-6-12(7-5-10)14-8-11(13)9-15/h4-7,11,14-15H,2-3,8-9,13H2,1H3. The van der Waals surface area contributed by atoms with E-state index in [9.17, 15) is 0 Å². The SMILES string of the molecule is CCCc1ccc(NCC(N)CO)cc1. The van der Waals surface area contributed by atoms with Crippen molar-refractivity contribution in [1.82, 2.24) is 0 Å². The van der Waals surface area contributed by atoms with Crippen molar-refractivity contribution in [1.29, 1.82) is 0 Å². The van der Waals surface area contributed by atoms with Gasteiger partial charge in [0, 0.05) is 18.3 Å². The highest BCUT2D eigenvalue weighted by Gasteiger charge is 1.99. The predicted molar refractivity (Wildman–Crippen MR) is 64.0 cm³/mol. The number of hydrogen-bond acceptors (Lipinski definition) is 3. The van der Waals surface area contributed by atoms with Crippen LogP contribution in [0.4, 0.5) is 5.69 Å². The molecule has 0 aliphatic carbocycles. The minimum Gasteiger partial charge on any atom is -0.395 e. The molecule has 0 aliphatic rings. The van der Waals surface area contributed by atoms with E-state index in [1.165, 1.54) is 12.0 Å². The van der Waals surface area contributed by atoms with Gasteiger partial charge in [0.15, 0.2) is 0 Å². The summed E-state index contributed by atoms with van der Waals surface area (Å²) in [5, 5.41) is 11.9. The van der Waals surface area contributed by atoms with Crippen LogP contribution in [0.2, 0.25) is 0 Å². The number of aryl methyl sites for hydroxylation is 1. The molecule has 0 amide bonds. The molecular formula is C12H20N2O. The Balaban J connectivity index is 2.42. The van der Waals surface area contributed by atoms with E-state index >= 15 is 0 Å². The van der Waals surface area contributed by atoms with Gasteiger partial charge in [-0.3, -0.25) is 0 Å². The van der Waals surface area contributed by atoms with Crippen molar-refractivity contribution in [2.75, 3.05) is 18.5 Å². The van der Waals surface area contributed by atoms with Gasteiger partial charge in [-0.2, -0.15) is 0 Å². The van der Waals surface area contributed by atoms with Crippen molar-refractivity contribution in [3.63, 3.8) is 0 Å². The van der Waals surface area contributed by atoms with E-state index in [2.05, 4.69) is 36.5 Å². The highest BCUT2D eigenvalue weighted by Crippen LogP contribution is 2.10. The lowest BCUT2D eigenvalue weighted by Crippen LogP contribution is -2.32. The minimum absolute atomic E-state index is 0.0148. The number of rotatable bonds is 6. The maximum atomic E-state index is 8.76. The summed E-state index contributed by atoms with van der Waals surface area (Å²) < 4.78 is 0. The van der Waals surface area contributed by atoms with Crippen LogP contribution in [0.1, 0.15) is 18.9 Å². The topological polar surface area (TPSA) is 58.3 Å². The molecule has 0 fully saturated rings. The summed E-state index contributed by atoms with van der Waals surface area (Å²) in [5.74, 6) is 0. The molecule has 1 rings (SSSR count). The first-order chi connectivity index (χ1) is 7.26. The molecule has 4 N–H and O–H groups in total. The fraction of sp³-hybridized carbons (Fsp3) is 0.500. The van der Waals surface area contributed by atoms with Crippen molar-refractivity contribution in [3.8, 4) is 0 Å². The summed E-state index contributed by atoms with van der Waals surface area (Å²) in [6.07, 6.45) is 2.29. The number of nitrogens with one attached hydrogen (secondary N) is 1. The number of benzene rings is 1. The van der Waals surface area contributed by atoms with E-state index in [-0.39, 0.29) is 12.6 Å². The second-order valence-corrected chi connectivity index (χ2v) is 3.77. The molecule has 15 heavy (non-hydrogen) atoms. The summed E-state index contributed by atoms with van der Waals surface area (Å²) >= 11 is 0. The zero-order valence-corrected chi connectivity index (χ0v) is 9.24. The van der Waals surface area contributed by atoms with E-state index in [0.29, 0.717) is 6.54 Å². The fourth-order valence-electron chi connectivity index (χ4n) is 1.39. The van der Waals surface area contributed by atoms with Crippen LogP contribution in [0, 0.1) is 0 Å². The summed E-state index contributed by atoms with van der Waals surface area (Å²) in [4.78, 5) is 0. The fourth-order valence-corrected chi connectivity index (χ4v) is 1.39. The number of aliphatic hydroxyl groups excluding tert-OH is 1. The first kappa shape index (κ1) is 12.0. The van der Waals surface area contributed by atoms with Crippen LogP contribution in [-0.2, 0) is 6.42 Å². The first-order valence-corrected chi connectivity index (χ1v) is 5.45. The van der Waals surface area contributed by atoms with E-state index in [0.717, 1.165) is 12.1 Å². The molecule has 0 bridgehead atoms. The van der Waals surface area contributed by atoms with Crippen molar-refractivity contribution in [2.24, 2.45) is 5.73 Å². The lowest BCUT2D eigenvalue weighted by Gasteiger charge is -2.11. The van der Waals surface area contributed by atoms with Crippen molar-refractivity contribution in [3.05, 3.63) is 29.8 Å². The Morgan fingerprint density at radius 2 is 2.00 bits per heavy atom. The van der Waals surface area contributed by atoms with Crippen LogP contribution in [0.5, 0.6) is 0 Å². The van der Waals surface area contributed by atoms with Gasteiger partial charge in [0.25, 0.3) is 0 Å². The Labute approximate surface area is 91.3 Å². The number of anilines is 1. The summed E-state index contributed by atoms with van der Waals surface area (Å²) in [5.41, 5.74) is 8.00. The molecule has 3 nitrogen and oxygen atoms in total. The van der Waals surface area contributed by atoms with Crippen LogP contribution in [0.25, 0.3) is 0 Å². The normalized spacial score (nSPS) is 12.5. The van der Waals surface area contributed by atoms with Gasteiger partial charge in [0.1, 0.15) is 0 Å². The Morgan fingerprint density at radius 1 is 1.33 bits per heavy atom. The van der Waals surface area contributed by atoms with Gasteiger partial charge in [-0.05, 0) is 24.1 Å². The van der Waals surface area contributed by atoms with Crippen molar-refractivity contribution >= 4 is 5.69 Å². The van der Waals surface area contributed by atoms with E-state index in [4.69, 9.17) is 10.8 Å². The van der Waals surface area contributed by atoms with Crippen LogP contribution >= 0.6 is 0 Å². The molecule has 1 atom stereocenters. The van der Waals surface area contributed by atoms with Crippen LogP contribution in [0.15, 0.2) is 24.3 Å². The van der Waals surface area contributed by atoms with E-state index in [1.54, 1.807) is 0 Å². The van der Waals surface area contributed by atoms with Gasteiger partial charge in [-0.15, -0.1) is 0 Å². The molecule has 3 heteroatoms. The van der Waals surface area contributed by atoms with Gasteiger partial charge in [-0.1, -0.05) is 25.5 Å². The number of nitrogens with two attached hydrogens (primary N) is 1. The average molecular weight is 208 g/mol. The van der Waals surface area contributed by atoms with Crippen LogP contribution in [-0.4, -0.2) is 24.3 Å². The molecule has 1 aromatic carbocycles. The molecule has 0 spiro atoms.